The van der Waals surface area contributed by atoms with Crippen LogP contribution in [0, 0.1) is 5.92 Å². The number of piperidine rings is 1. The third-order valence-electron chi connectivity index (χ3n) is 4.78. The molecule has 1 saturated heterocycles. The molecule has 26 heavy (non-hydrogen) atoms. The van der Waals surface area contributed by atoms with E-state index in [0.29, 0.717) is 37.4 Å². The van der Waals surface area contributed by atoms with Gasteiger partial charge in [0.25, 0.3) is 0 Å². The average Bonchev–Trinajstić information content (AvgIpc) is 2.65. The third-order valence-corrected chi connectivity index (χ3v) is 6.08. The van der Waals surface area contributed by atoms with Crippen molar-refractivity contribution in [2.45, 2.75) is 18.9 Å². The van der Waals surface area contributed by atoms with Gasteiger partial charge in [0.2, 0.25) is 22.0 Å². The van der Waals surface area contributed by atoms with Gasteiger partial charge in [0, 0.05) is 19.0 Å². The van der Waals surface area contributed by atoms with Crippen molar-refractivity contribution in [3.8, 4) is 5.75 Å². The summed E-state index contributed by atoms with van der Waals surface area (Å²) in [4.78, 5) is 26.6. The predicted molar refractivity (Wildman–Crippen MR) is 94.4 cm³/mol. The molecule has 0 spiro atoms. The number of ether oxygens (including phenoxy) is 2. The van der Waals surface area contributed by atoms with Crippen LogP contribution in [0.1, 0.15) is 12.8 Å². The van der Waals surface area contributed by atoms with Crippen molar-refractivity contribution in [1.82, 2.24) is 4.31 Å². The second-order valence-electron chi connectivity index (χ2n) is 6.48. The Hall–Kier alpha value is -2.13. The van der Waals surface area contributed by atoms with Crippen molar-refractivity contribution < 1.29 is 27.5 Å². The van der Waals surface area contributed by atoms with Gasteiger partial charge in [-0.2, -0.15) is 0 Å². The molecule has 2 aliphatic rings. The second kappa shape index (κ2) is 7.24. The van der Waals surface area contributed by atoms with Crippen LogP contribution in [0.3, 0.4) is 0 Å². The first kappa shape index (κ1) is 18.7. The number of nitrogens with zero attached hydrogens (tertiary/aromatic N) is 2. The number of hydrogen-bond acceptors (Lipinski definition) is 6. The van der Waals surface area contributed by atoms with Gasteiger partial charge in [0.15, 0.2) is 0 Å². The van der Waals surface area contributed by atoms with Crippen LogP contribution in [0.4, 0.5) is 5.69 Å². The molecule has 142 valence electrons. The number of hydrogen-bond donors (Lipinski definition) is 0. The van der Waals surface area contributed by atoms with E-state index in [0.717, 1.165) is 0 Å². The van der Waals surface area contributed by atoms with E-state index in [1.807, 2.05) is 0 Å². The standard InChI is InChI=1S/C17H22N2O6S/c1-24-17(21)15-11-19(13-5-3-4-6-14(13)25-15)16(20)12-7-9-18(10-8-12)26(2,22)23/h3-6,12,15H,7-11H2,1-2H3. The SMILES string of the molecule is COC(=O)C1CN(C(=O)C2CCN(S(C)(=O)=O)CC2)c2ccccc2O1. The van der Waals surface area contributed by atoms with Gasteiger partial charge in [-0.15, -0.1) is 0 Å². The van der Waals surface area contributed by atoms with E-state index in [9.17, 15) is 18.0 Å². The number of anilines is 1. The third kappa shape index (κ3) is 3.68. The highest BCUT2D eigenvalue weighted by atomic mass is 32.2. The molecule has 1 fully saturated rings. The van der Waals surface area contributed by atoms with Crippen LogP contribution >= 0.6 is 0 Å². The zero-order chi connectivity index (χ0) is 18.9. The molecule has 2 aliphatic heterocycles. The molecule has 1 atom stereocenters. The van der Waals surface area contributed by atoms with Gasteiger partial charge >= 0.3 is 5.97 Å². The number of esters is 1. The Morgan fingerprint density at radius 2 is 1.85 bits per heavy atom. The number of carbonyl (C=O) groups excluding carboxylic acids is 2. The fourth-order valence-electron chi connectivity index (χ4n) is 3.35. The Kier molecular flexibility index (Phi) is 5.19. The minimum atomic E-state index is -3.24. The van der Waals surface area contributed by atoms with Crippen molar-refractivity contribution in [3.05, 3.63) is 24.3 Å². The highest BCUT2D eigenvalue weighted by Gasteiger charge is 2.38. The number of para-hydroxylation sites is 2. The van der Waals surface area contributed by atoms with Crippen LogP contribution in [-0.4, -0.2) is 63.7 Å². The van der Waals surface area contributed by atoms with Crippen molar-refractivity contribution in [2.24, 2.45) is 5.92 Å². The number of sulfonamides is 1. The van der Waals surface area contributed by atoms with E-state index in [1.165, 1.54) is 17.7 Å². The lowest BCUT2D eigenvalue weighted by Crippen LogP contribution is -2.51. The van der Waals surface area contributed by atoms with Crippen molar-refractivity contribution in [3.63, 3.8) is 0 Å². The van der Waals surface area contributed by atoms with Crippen LogP contribution in [-0.2, 0) is 24.3 Å². The molecule has 0 saturated carbocycles. The van der Waals surface area contributed by atoms with Gasteiger partial charge in [-0.05, 0) is 25.0 Å². The molecule has 2 heterocycles. The zero-order valence-corrected chi connectivity index (χ0v) is 15.6. The van der Waals surface area contributed by atoms with E-state index in [1.54, 1.807) is 29.2 Å². The van der Waals surface area contributed by atoms with E-state index in [2.05, 4.69) is 0 Å². The monoisotopic (exact) mass is 382 g/mol. The summed E-state index contributed by atoms with van der Waals surface area (Å²) in [5.74, 6) is -0.500. The first-order valence-corrected chi connectivity index (χ1v) is 10.3. The van der Waals surface area contributed by atoms with Crippen molar-refractivity contribution in [2.75, 3.05) is 37.9 Å². The molecule has 1 unspecified atom stereocenters. The fourth-order valence-corrected chi connectivity index (χ4v) is 4.23. The van der Waals surface area contributed by atoms with E-state index < -0.39 is 22.1 Å². The van der Waals surface area contributed by atoms with Crippen LogP contribution in [0.15, 0.2) is 24.3 Å². The van der Waals surface area contributed by atoms with Crippen molar-refractivity contribution >= 4 is 27.6 Å². The van der Waals surface area contributed by atoms with Crippen LogP contribution < -0.4 is 9.64 Å². The molecule has 9 heteroatoms. The molecule has 0 radical (unpaired) electrons. The van der Waals surface area contributed by atoms with Gasteiger partial charge in [-0.3, -0.25) is 4.79 Å². The topological polar surface area (TPSA) is 93.2 Å². The van der Waals surface area contributed by atoms with Crippen LogP contribution in [0.5, 0.6) is 5.75 Å². The maximum atomic E-state index is 13.1. The quantitative estimate of drug-likeness (QED) is 0.712. The lowest BCUT2D eigenvalue weighted by molar-refractivity contribution is -0.148. The molecule has 0 N–H and O–H groups in total. The molecular formula is C17H22N2O6S. The van der Waals surface area contributed by atoms with Crippen LogP contribution in [0.2, 0.25) is 0 Å². The number of carbonyl (C=O) groups is 2. The smallest absolute Gasteiger partial charge is 0.348 e. The Balaban J connectivity index is 1.79. The molecule has 1 aromatic rings. The van der Waals surface area contributed by atoms with Gasteiger partial charge in [0.05, 0.1) is 25.6 Å². The summed E-state index contributed by atoms with van der Waals surface area (Å²) in [6, 6.07) is 7.04. The summed E-state index contributed by atoms with van der Waals surface area (Å²) < 4.78 is 35.1. The Morgan fingerprint density at radius 1 is 1.19 bits per heavy atom. The van der Waals surface area contributed by atoms with Crippen molar-refractivity contribution in [1.29, 1.82) is 0 Å². The minimum absolute atomic E-state index is 0.0782. The summed E-state index contributed by atoms with van der Waals surface area (Å²) in [6.07, 6.45) is 1.20. The van der Waals surface area contributed by atoms with Gasteiger partial charge < -0.3 is 14.4 Å². The number of benzene rings is 1. The molecule has 0 bridgehead atoms. The average molecular weight is 382 g/mol. The number of fused-ring (bicyclic) bond motifs is 1. The van der Waals surface area contributed by atoms with E-state index >= 15 is 0 Å². The number of amides is 1. The van der Waals surface area contributed by atoms with Crippen LogP contribution in [0.25, 0.3) is 0 Å². The van der Waals surface area contributed by atoms with E-state index in [-0.39, 0.29) is 18.4 Å². The summed E-state index contributed by atoms with van der Waals surface area (Å²) in [7, 11) is -1.97. The normalized spacial score (nSPS) is 21.6. The summed E-state index contributed by atoms with van der Waals surface area (Å²) in [6.45, 7) is 0.720. The lowest BCUT2D eigenvalue weighted by atomic mass is 9.95. The molecule has 0 aliphatic carbocycles. The Morgan fingerprint density at radius 3 is 2.46 bits per heavy atom. The second-order valence-corrected chi connectivity index (χ2v) is 8.46. The van der Waals surface area contributed by atoms with Gasteiger partial charge in [-0.25, -0.2) is 17.5 Å². The number of rotatable bonds is 3. The maximum Gasteiger partial charge on any atom is 0.348 e. The first-order valence-electron chi connectivity index (χ1n) is 8.41. The molecule has 0 aromatic heterocycles. The first-order chi connectivity index (χ1) is 12.3. The summed E-state index contributed by atoms with van der Waals surface area (Å²) >= 11 is 0. The van der Waals surface area contributed by atoms with E-state index in [4.69, 9.17) is 9.47 Å². The highest BCUT2D eigenvalue weighted by molar-refractivity contribution is 7.88. The maximum absolute atomic E-state index is 13.1. The predicted octanol–water partition coefficient (Wildman–Crippen LogP) is 0.625. The molecular weight excluding hydrogens is 360 g/mol. The minimum Gasteiger partial charge on any atom is -0.475 e. The summed E-state index contributed by atoms with van der Waals surface area (Å²) in [5, 5.41) is 0. The highest BCUT2D eigenvalue weighted by Crippen LogP contribution is 2.35. The molecule has 3 rings (SSSR count). The molecule has 1 amide bonds. The Bertz CT molecular complexity index is 801. The zero-order valence-electron chi connectivity index (χ0n) is 14.8. The van der Waals surface area contributed by atoms with Gasteiger partial charge in [-0.1, -0.05) is 12.1 Å². The molecule has 8 nitrogen and oxygen atoms in total. The molecule has 1 aromatic carbocycles. The van der Waals surface area contributed by atoms with Gasteiger partial charge in [0.1, 0.15) is 5.75 Å². The Labute approximate surface area is 152 Å². The number of methoxy groups -OCH3 is 1. The largest absolute Gasteiger partial charge is 0.475 e. The summed E-state index contributed by atoms with van der Waals surface area (Å²) in [5.41, 5.74) is 0.614. The fraction of sp³-hybridized carbons (Fsp3) is 0.529. The lowest BCUT2D eigenvalue weighted by Gasteiger charge is -2.37.